The van der Waals surface area contributed by atoms with Crippen LogP contribution in [0, 0.1) is 0 Å². The predicted octanol–water partition coefficient (Wildman–Crippen LogP) is 4.20. The lowest BCUT2D eigenvalue weighted by molar-refractivity contribution is 0.153. The van der Waals surface area contributed by atoms with Crippen molar-refractivity contribution in [1.29, 1.82) is 0 Å². The maximum Gasteiger partial charge on any atom is 0.490 e. The summed E-state index contributed by atoms with van der Waals surface area (Å²) >= 11 is 0. The average Bonchev–Trinajstić information content (AvgIpc) is 3.10. The van der Waals surface area contributed by atoms with Gasteiger partial charge in [-0.25, -0.2) is 13.7 Å². The quantitative estimate of drug-likeness (QED) is 0.0772. The number of phosphoric acid groups is 3. The van der Waals surface area contributed by atoms with Crippen molar-refractivity contribution >= 4 is 23.5 Å². The van der Waals surface area contributed by atoms with E-state index in [1.54, 1.807) is 0 Å². The molecule has 0 amide bonds. The van der Waals surface area contributed by atoms with E-state index in [1.807, 2.05) is 0 Å². The van der Waals surface area contributed by atoms with E-state index in [4.69, 9.17) is 24.5 Å². The molecule has 1 rings (SSSR count). The Hall–Kier alpha value is 0.290. The van der Waals surface area contributed by atoms with E-state index in [0.717, 1.165) is 19.5 Å². The highest BCUT2D eigenvalue weighted by atomic mass is 31.3. The number of likely N-dealkylation sites (tertiary alicyclic amines) is 1. The van der Waals surface area contributed by atoms with Crippen LogP contribution in [0.1, 0.15) is 103 Å². The van der Waals surface area contributed by atoms with E-state index < -0.39 is 23.5 Å². The van der Waals surface area contributed by atoms with E-state index in [0.29, 0.717) is 0 Å². The summed E-state index contributed by atoms with van der Waals surface area (Å²) in [6.45, 7) is 4.27. The number of nitrogens with zero attached hydrogens (tertiary/aromatic N) is 1. The molecule has 0 aliphatic carbocycles. The Bertz CT molecular complexity index is 689. The van der Waals surface area contributed by atoms with Crippen LogP contribution in [0.5, 0.6) is 0 Å². The second-order valence-electron chi connectivity index (χ2n) is 9.43. The van der Waals surface area contributed by atoms with Gasteiger partial charge in [-0.3, -0.25) is 4.90 Å². The topological polar surface area (TPSA) is 215 Å². The van der Waals surface area contributed by atoms with Gasteiger partial charge in [0.2, 0.25) is 0 Å². The standard InChI is InChI=1S/C21H43NO2.H5O10P3/c1-2-3-4-5-6-7-8-9-10-11-12-13-14-15-16-22-18-21(24)17-20(22)19-23;1-11(2,3)9-13(7,8)10-12(4,5)6/h20-21,23-24H,2-19H2,1H3;(H,7,8)(H2,1,2,3)(H2,4,5,6)/t20-,21+;/m0./s1. The monoisotopic (exact) mass is 599 g/mol. The van der Waals surface area contributed by atoms with Gasteiger partial charge in [0, 0.05) is 12.6 Å². The molecule has 0 aromatic rings. The van der Waals surface area contributed by atoms with Crippen LogP contribution in [0.4, 0.5) is 0 Å². The minimum absolute atomic E-state index is 0.190. The SMILES string of the molecule is CCCCCCCCCCCCCCCCN1C[C@H](O)C[C@H]1CO.O=P(O)(O)OP(=O)(O)OP(=O)(O)O. The third-order valence-electron chi connectivity index (χ3n) is 5.93. The lowest BCUT2D eigenvalue weighted by Gasteiger charge is -2.21. The first kappa shape index (κ1) is 37.3. The molecule has 1 aliphatic rings. The normalized spacial score (nSPS) is 19.1. The second kappa shape index (κ2) is 20.2. The average molecular weight is 600 g/mol. The number of rotatable bonds is 20. The van der Waals surface area contributed by atoms with Gasteiger partial charge in [0.1, 0.15) is 0 Å². The molecule has 1 fully saturated rings. The Morgan fingerprint density at radius 3 is 1.43 bits per heavy atom. The van der Waals surface area contributed by atoms with Crippen LogP contribution in [-0.2, 0) is 22.3 Å². The minimum atomic E-state index is -5.46. The van der Waals surface area contributed by atoms with Crippen molar-refractivity contribution in [3.63, 3.8) is 0 Å². The first-order chi connectivity index (χ1) is 17.2. The summed E-state index contributed by atoms with van der Waals surface area (Å²) in [4.78, 5) is 42.5. The lowest BCUT2D eigenvalue weighted by Crippen LogP contribution is -2.33. The lowest BCUT2D eigenvalue weighted by atomic mass is 10.0. The summed E-state index contributed by atoms with van der Waals surface area (Å²) in [5, 5.41) is 19.0. The summed E-state index contributed by atoms with van der Waals surface area (Å²) in [7, 11) is -16.2. The van der Waals surface area contributed by atoms with Crippen molar-refractivity contribution in [2.24, 2.45) is 0 Å². The Balaban J connectivity index is 0.000000845. The third kappa shape index (κ3) is 23.9. The fourth-order valence-corrected chi connectivity index (χ4v) is 6.75. The van der Waals surface area contributed by atoms with E-state index in [-0.39, 0.29) is 18.8 Å². The summed E-state index contributed by atoms with van der Waals surface area (Å²) in [5.41, 5.74) is 0. The number of hydrogen-bond acceptors (Lipinski definition) is 8. The van der Waals surface area contributed by atoms with Gasteiger partial charge in [-0.15, -0.1) is 0 Å². The molecular weight excluding hydrogens is 551 g/mol. The van der Waals surface area contributed by atoms with Crippen LogP contribution in [0.2, 0.25) is 0 Å². The first-order valence-electron chi connectivity index (χ1n) is 13.1. The van der Waals surface area contributed by atoms with Crippen molar-refractivity contribution in [2.75, 3.05) is 19.7 Å². The summed E-state index contributed by atoms with van der Waals surface area (Å²) < 4.78 is 36.4. The van der Waals surface area contributed by atoms with E-state index in [2.05, 4.69) is 20.4 Å². The molecule has 0 saturated carbocycles. The Morgan fingerprint density at radius 1 is 0.703 bits per heavy atom. The minimum Gasteiger partial charge on any atom is -0.395 e. The predicted molar refractivity (Wildman–Crippen MR) is 139 cm³/mol. The number of aliphatic hydroxyl groups is 2. The molecular formula is C21H48NO12P3. The molecule has 0 aromatic carbocycles. The maximum absolute atomic E-state index is 10.4. The molecule has 0 bridgehead atoms. The van der Waals surface area contributed by atoms with Crippen LogP contribution < -0.4 is 0 Å². The van der Waals surface area contributed by atoms with E-state index in [1.165, 1.54) is 89.9 Å². The third-order valence-corrected chi connectivity index (χ3v) is 9.29. The van der Waals surface area contributed by atoms with Crippen LogP contribution in [0.15, 0.2) is 0 Å². The van der Waals surface area contributed by atoms with Gasteiger partial charge in [0.05, 0.1) is 12.7 Å². The maximum atomic E-state index is 10.4. The fourth-order valence-electron chi connectivity index (χ4n) is 4.21. The van der Waals surface area contributed by atoms with E-state index in [9.17, 15) is 23.9 Å². The van der Waals surface area contributed by atoms with Gasteiger partial charge in [-0.2, -0.15) is 8.62 Å². The first-order valence-corrected chi connectivity index (χ1v) is 17.6. The zero-order valence-electron chi connectivity index (χ0n) is 21.8. The highest BCUT2D eigenvalue weighted by molar-refractivity contribution is 7.66. The highest BCUT2D eigenvalue weighted by Crippen LogP contribution is 2.64. The molecule has 0 radical (unpaired) electrons. The van der Waals surface area contributed by atoms with Gasteiger partial charge >= 0.3 is 23.5 Å². The molecule has 7 N–H and O–H groups in total. The molecule has 37 heavy (non-hydrogen) atoms. The summed E-state index contributed by atoms with van der Waals surface area (Å²) in [6, 6.07) is 0.196. The zero-order valence-corrected chi connectivity index (χ0v) is 24.5. The number of unbranched alkanes of at least 4 members (excludes halogenated alkanes) is 13. The molecule has 1 saturated heterocycles. The Kier molecular flexibility index (Phi) is 20.4. The molecule has 0 spiro atoms. The summed E-state index contributed by atoms with van der Waals surface area (Å²) in [6.07, 6.45) is 20.0. The molecule has 2 atom stereocenters. The molecule has 13 nitrogen and oxygen atoms in total. The Labute approximate surface area is 220 Å². The van der Waals surface area contributed by atoms with Crippen LogP contribution >= 0.6 is 23.5 Å². The van der Waals surface area contributed by atoms with Crippen molar-refractivity contribution < 1.29 is 57.0 Å². The van der Waals surface area contributed by atoms with Gasteiger partial charge < -0.3 is 34.7 Å². The number of aliphatic hydroxyl groups excluding tert-OH is 2. The van der Waals surface area contributed by atoms with Gasteiger partial charge in [0.25, 0.3) is 0 Å². The van der Waals surface area contributed by atoms with Crippen LogP contribution in [-0.4, -0.2) is 71.4 Å². The van der Waals surface area contributed by atoms with Crippen molar-refractivity contribution in [1.82, 2.24) is 4.90 Å². The van der Waals surface area contributed by atoms with Crippen LogP contribution in [0.25, 0.3) is 0 Å². The second-order valence-corrected chi connectivity index (χ2v) is 13.6. The molecule has 1 aliphatic heterocycles. The van der Waals surface area contributed by atoms with Gasteiger partial charge in [-0.05, 0) is 19.4 Å². The van der Waals surface area contributed by atoms with Crippen molar-refractivity contribution in [3.8, 4) is 0 Å². The fraction of sp³-hybridized carbons (Fsp3) is 1.00. The van der Waals surface area contributed by atoms with Crippen molar-refractivity contribution in [3.05, 3.63) is 0 Å². The van der Waals surface area contributed by atoms with Crippen LogP contribution in [0.3, 0.4) is 0 Å². The molecule has 0 unspecified atom stereocenters. The van der Waals surface area contributed by atoms with Gasteiger partial charge in [-0.1, -0.05) is 90.4 Å². The highest BCUT2D eigenvalue weighted by Gasteiger charge is 2.38. The van der Waals surface area contributed by atoms with E-state index >= 15 is 0 Å². The number of β-amino-alcohol motifs (C(OH)–C–C–N with tert-alkyl or cyclic N) is 1. The molecule has 16 heteroatoms. The Morgan fingerprint density at radius 2 is 1.08 bits per heavy atom. The summed E-state index contributed by atoms with van der Waals surface area (Å²) in [5.74, 6) is 0. The smallest absolute Gasteiger partial charge is 0.395 e. The van der Waals surface area contributed by atoms with Crippen molar-refractivity contribution in [2.45, 2.75) is 115 Å². The zero-order chi connectivity index (χ0) is 28.4. The molecule has 1 heterocycles. The largest absolute Gasteiger partial charge is 0.490 e. The molecule has 0 aromatic heterocycles. The van der Waals surface area contributed by atoms with Gasteiger partial charge in [0.15, 0.2) is 0 Å². The molecule has 224 valence electrons. The number of hydrogen-bond donors (Lipinski definition) is 7.